The second kappa shape index (κ2) is 7.94. The number of halogens is 2. The molecule has 4 rings (SSSR count). The summed E-state index contributed by atoms with van der Waals surface area (Å²) < 4.78 is 6.95. The van der Waals surface area contributed by atoms with Crippen LogP contribution >= 0.6 is 27.5 Å². The van der Waals surface area contributed by atoms with Crippen molar-refractivity contribution < 1.29 is 4.42 Å². The predicted molar refractivity (Wildman–Crippen MR) is 111 cm³/mol. The zero-order valence-electron chi connectivity index (χ0n) is 14.1. The van der Waals surface area contributed by atoms with Crippen LogP contribution in [0.5, 0.6) is 0 Å². The van der Waals surface area contributed by atoms with Gasteiger partial charge in [-0.15, -0.1) is 10.2 Å². The third-order valence-electron chi connectivity index (χ3n) is 4.10. The van der Waals surface area contributed by atoms with Crippen LogP contribution in [0.4, 0.5) is 5.69 Å². The van der Waals surface area contributed by atoms with Crippen molar-refractivity contribution in [2.75, 3.05) is 5.32 Å². The average molecular weight is 441 g/mol. The number of hydrogen-bond acceptors (Lipinski definition) is 4. The molecule has 0 aliphatic carbocycles. The Morgan fingerprint density at radius 2 is 1.56 bits per heavy atom. The van der Waals surface area contributed by atoms with E-state index in [9.17, 15) is 0 Å². The first-order valence-corrected chi connectivity index (χ1v) is 9.54. The van der Waals surface area contributed by atoms with Crippen LogP contribution in [0.3, 0.4) is 0 Å². The zero-order valence-corrected chi connectivity index (χ0v) is 16.5. The van der Waals surface area contributed by atoms with Crippen LogP contribution in [0.1, 0.15) is 17.5 Å². The van der Waals surface area contributed by atoms with Crippen molar-refractivity contribution in [1.82, 2.24) is 10.2 Å². The van der Waals surface area contributed by atoms with Gasteiger partial charge in [-0.25, -0.2) is 0 Å². The van der Waals surface area contributed by atoms with Crippen LogP contribution in [-0.4, -0.2) is 10.2 Å². The van der Waals surface area contributed by atoms with Gasteiger partial charge >= 0.3 is 0 Å². The van der Waals surface area contributed by atoms with Gasteiger partial charge in [0.15, 0.2) is 0 Å². The van der Waals surface area contributed by atoms with Gasteiger partial charge < -0.3 is 9.73 Å². The highest BCUT2D eigenvalue weighted by Gasteiger charge is 2.22. The van der Waals surface area contributed by atoms with Crippen LogP contribution in [0, 0.1) is 0 Å². The standard InChI is InChI=1S/C21H15BrClN3O/c22-16-11-5-7-13-18(16)24-19(14-8-2-1-3-9-14)21-26-25-20(27-21)15-10-4-6-12-17(15)23/h1-13,19,24H/t19-/m1/s1. The Kier molecular flexibility index (Phi) is 5.23. The van der Waals surface area contributed by atoms with E-state index in [1.54, 1.807) is 6.07 Å². The Hall–Kier alpha value is -2.63. The number of benzene rings is 3. The van der Waals surface area contributed by atoms with Gasteiger partial charge in [-0.3, -0.25) is 0 Å². The highest BCUT2D eigenvalue weighted by molar-refractivity contribution is 9.10. The van der Waals surface area contributed by atoms with Gasteiger partial charge in [0, 0.05) is 10.2 Å². The summed E-state index contributed by atoms with van der Waals surface area (Å²) >= 11 is 9.84. The summed E-state index contributed by atoms with van der Waals surface area (Å²) in [5.41, 5.74) is 2.66. The van der Waals surface area contributed by atoms with Crippen molar-refractivity contribution in [1.29, 1.82) is 0 Å². The molecule has 1 N–H and O–H groups in total. The smallest absolute Gasteiger partial charge is 0.249 e. The molecular formula is C21H15BrClN3O. The Bertz CT molecular complexity index is 1050. The summed E-state index contributed by atoms with van der Waals surface area (Å²) in [7, 11) is 0. The molecule has 0 saturated carbocycles. The number of aromatic nitrogens is 2. The molecule has 134 valence electrons. The monoisotopic (exact) mass is 439 g/mol. The second-order valence-corrected chi connectivity index (χ2v) is 7.15. The largest absolute Gasteiger partial charge is 0.418 e. The van der Waals surface area contributed by atoms with E-state index >= 15 is 0 Å². The molecule has 1 atom stereocenters. The van der Waals surface area contributed by atoms with E-state index in [-0.39, 0.29) is 6.04 Å². The molecule has 0 unspecified atom stereocenters. The SMILES string of the molecule is Clc1ccccc1-c1nnc([C@H](Nc2ccccc2Br)c2ccccc2)o1. The first-order valence-electron chi connectivity index (χ1n) is 8.36. The minimum absolute atomic E-state index is 0.298. The van der Waals surface area contributed by atoms with Crippen molar-refractivity contribution in [3.8, 4) is 11.5 Å². The Balaban J connectivity index is 1.74. The van der Waals surface area contributed by atoms with Crippen LogP contribution in [0.25, 0.3) is 11.5 Å². The fraction of sp³-hybridized carbons (Fsp3) is 0.0476. The molecule has 4 nitrogen and oxygen atoms in total. The first kappa shape index (κ1) is 17.8. The average Bonchev–Trinajstić information content (AvgIpc) is 3.18. The lowest BCUT2D eigenvalue weighted by Gasteiger charge is -2.18. The molecule has 3 aromatic carbocycles. The maximum atomic E-state index is 6.27. The van der Waals surface area contributed by atoms with E-state index in [0.29, 0.717) is 22.4 Å². The van der Waals surface area contributed by atoms with Crippen molar-refractivity contribution in [3.05, 3.63) is 99.8 Å². The molecule has 0 fully saturated rings. The quantitative estimate of drug-likeness (QED) is 0.392. The number of hydrogen-bond donors (Lipinski definition) is 1. The molecule has 0 aliphatic heterocycles. The highest BCUT2D eigenvalue weighted by atomic mass is 79.9. The summed E-state index contributed by atoms with van der Waals surface area (Å²) in [6.07, 6.45) is 0. The van der Waals surface area contributed by atoms with Crippen LogP contribution < -0.4 is 5.32 Å². The summed E-state index contributed by atoms with van der Waals surface area (Å²) in [5.74, 6) is 0.859. The maximum absolute atomic E-state index is 6.27. The van der Waals surface area contributed by atoms with Gasteiger partial charge in [0.05, 0.1) is 10.6 Å². The first-order chi connectivity index (χ1) is 13.2. The van der Waals surface area contributed by atoms with E-state index < -0.39 is 0 Å². The van der Waals surface area contributed by atoms with Crippen LogP contribution in [-0.2, 0) is 0 Å². The lowest BCUT2D eigenvalue weighted by molar-refractivity contribution is 0.494. The number of nitrogens with zero attached hydrogens (tertiary/aromatic N) is 2. The molecule has 0 bridgehead atoms. The Morgan fingerprint density at radius 1 is 0.852 bits per heavy atom. The van der Waals surface area contributed by atoms with E-state index in [0.717, 1.165) is 15.7 Å². The molecule has 0 spiro atoms. The molecular weight excluding hydrogens is 426 g/mol. The van der Waals surface area contributed by atoms with Crippen molar-refractivity contribution >= 4 is 33.2 Å². The Labute approximate surface area is 170 Å². The number of anilines is 1. The number of para-hydroxylation sites is 1. The lowest BCUT2D eigenvalue weighted by atomic mass is 10.1. The van der Waals surface area contributed by atoms with Crippen molar-refractivity contribution in [3.63, 3.8) is 0 Å². The molecule has 1 heterocycles. The molecule has 4 aromatic rings. The fourth-order valence-electron chi connectivity index (χ4n) is 2.76. The molecule has 0 aliphatic rings. The van der Waals surface area contributed by atoms with Gasteiger partial charge in [0.2, 0.25) is 11.8 Å². The number of rotatable bonds is 5. The predicted octanol–water partition coefficient (Wildman–Crippen LogP) is 6.35. The molecule has 1 aromatic heterocycles. The van der Waals surface area contributed by atoms with Gasteiger partial charge in [0.25, 0.3) is 0 Å². The normalized spacial score (nSPS) is 11.9. The van der Waals surface area contributed by atoms with Crippen LogP contribution in [0.15, 0.2) is 87.8 Å². The highest BCUT2D eigenvalue weighted by Crippen LogP contribution is 2.32. The van der Waals surface area contributed by atoms with Crippen LogP contribution in [0.2, 0.25) is 5.02 Å². The van der Waals surface area contributed by atoms with Crippen molar-refractivity contribution in [2.24, 2.45) is 0 Å². The second-order valence-electron chi connectivity index (χ2n) is 5.89. The molecule has 0 saturated heterocycles. The summed E-state index contributed by atoms with van der Waals surface area (Å²) in [5, 5.41) is 12.5. The van der Waals surface area contributed by atoms with Gasteiger partial charge in [-0.2, -0.15) is 0 Å². The van der Waals surface area contributed by atoms with E-state index in [1.807, 2.05) is 72.8 Å². The van der Waals surface area contributed by atoms with Gasteiger partial charge in [-0.1, -0.05) is 66.2 Å². The molecule has 0 radical (unpaired) electrons. The number of nitrogens with one attached hydrogen (secondary N) is 1. The van der Waals surface area contributed by atoms with E-state index in [1.165, 1.54) is 0 Å². The van der Waals surface area contributed by atoms with Gasteiger partial charge in [0.1, 0.15) is 6.04 Å². The summed E-state index contributed by atoms with van der Waals surface area (Å²) in [6, 6.07) is 25.0. The third-order valence-corrected chi connectivity index (χ3v) is 5.12. The van der Waals surface area contributed by atoms with Crippen molar-refractivity contribution in [2.45, 2.75) is 6.04 Å². The molecule has 0 amide bonds. The molecule has 6 heteroatoms. The minimum atomic E-state index is -0.298. The summed E-state index contributed by atoms with van der Waals surface area (Å²) in [6.45, 7) is 0. The maximum Gasteiger partial charge on any atom is 0.249 e. The minimum Gasteiger partial charge on any atom is -0.418 e. The summed E-state index contributed by atoms with van der Waals surface area (Å²) in [4.78, 5) is 0. The molecule has 27 heavy (non-hydrogen) atoms. The fourth-order valence-corrected chi connectivity index (χ4v) is 3.38. The topological polar surface area (TPSA) is 51.0 Å². The Morgan fingerprint density at radius 3 is 2.33 bits per heavy atom. The third kappa shape index (κ3) is 3.89. The van der Waals surface area contributed by atoms with E-state index in [4.69, 9.17) is 16.0 Å². The van der Waals surface area contributed by atoms with E-state index in [2.05, 4.69) is 31.4 Å². The van der Waals surface area contributed by atoms with Gasteiger partial charge in [-0.05, 0) is 45.8 Å². The zero-order chi connectivity index (χ0) is 18.6. The lowest BCUT2D eigenvalue weighted by Crippen LogP contribution is -2.13.